The fourth-order valence-electron chi connectivity index (χ4n) is 3.35. The number of hydrogen-bond donors (Lipinski definition) is 3. The summed E-state index contributed by atoms with van der Waals surface area (Å²) in [6, 6.07) is 27.2. The largest absolute Gasteiger partial charge is 0.508 e. The quantitative estimate of drug-likeness (QED) is 0.435. The highest BCUT2D eigenvalue weighted by molar-refractivity contribution is 5.95. The summed E-state index contributed by atoms with van der Waals surface area (Å²) < 4.78 is 0. The molecule has 0 amide bonds. The first-order chi connectivity index (χ1) is 13.1. The monoisotopic (exact) mass is 354 g/mol. The molecule has 0 aromatic heterocycles. The molecule has 3 nitrogen and oxygen atoms in total. The van der Waals surface area contributed by atoms with Gasteiger partial charge >= 0.3 is 0 Å². The normalized spacial score (nSPS) is 10.7. The van der Waals surface area contributed by atoms with E-state index in [0.717, 1.165) is 33.4 Å². The zero-order chi connectivity index (χ0) is 18.8. The zero-order valence-electron chi connectivity index (χ0n) is 14.5. The van der Waals surface area contributed by atoms with E-state index in [2.05, 4.69) is 0 Å². The molecule has 27 heavy (non-hydrogen) atoms. The summed E-state index contributed by atoms with van der Waals surface area (Å²) in [7, 11) is 0. The molecule has 4 aromatic carbocycles. The molecule has 0 atom stereocenters. The number of hydrogen-bond acceptors (Lipinski definition) is 3. The van der Waals surface area contributed by atoms with Crippen molar-refractivity contribution >= 4 is 0 Å². The predicted octanol–water partition coefficient (Wildman–Crippen LogP) is 5.80. The van der Waals surface area contributed by atoms with Crippen LogP contribution in [0.15, 0.2) is 91.0 Å². The lowest BCUT2D eigenvalue weighted by Gasteiger charge is -2.17. The molecular formula is C24H18O3. The molecule has 0 heterocycles. The molecule has 0 spiro atoms. The number of phenolic OH excluding ortho intramolecular Hbond substituents is 3. The average molecular weight is 354 g/mol. The molecule has 4 rings (SSSR count). The average Bonchev–Trinajstić information content (AvgIpc) is 2.67. The molecule has 0 aliphatic carbocycles. The van der Waals surface area contributed by atoms with E-state index in [-0.39, 0.29) is 17.2 Å². The minimum Gasteiger partial charge on any atom is -0.508 e. The third-order valence-corrected chi connectivity index (χ3v) is 4.51. The van der Waals surface area contributed by atoms with Crippen LogP contribution in [0.1, 0.15) is 0 Å². The number of phenols is 3. The second kappa shape index (κ2) is 6.89. The van der Waals surface area contributed by atoms with E-state index in [1.807, 2.05) is 36.4 Å². The van der Waals surface area contributed by atoms with Crippen LogP contribution in [0.25, 0.3) is 33.4 Å². The van der Waals surface area contributed by atoms with E-state index in [4.69, 9.17) is 0 Å². The molecule has 0 saturated heterocycles. The summed E-state index contributed by atoms with van der Waals surface area (Å²) in [4.78, 5) is 0. The number of rotatable bonds is 3. The van der Waals surface area contributed by atoms with Crippen molar-refractivity contribution < 1.29 is 15.3 Å². The highest BCUT2D eigenvalue weighted by atomic mass is 16.3. The second-order valence-corrected chi connectivity index (χ2v) is 6.38. The Kier molecular flexibility index (Phi) is 4.27. The van der Waals surface area contributed by atoms with E-state index in [9.17, 15) is 15.3 Å². The minimum absolute atomic E-state index is 0.181. The SMILES string of the molecule is Oc1cccc(-c2cccc(-c3cccc(O)c3)c2-c2cccc(O)c2)c1. The molecule has 3 N–H and O–H groups in total. The molecule has 0 radical (unpaired) electrons. The lowest BCUT2D eigenvalue weighted by atomic mass is 9.87. The van der Waals surface area contributed by atoms with Crippen LogP contribution >= 0.6 is 0 Å². The Labute approximate surface area is 157 Å². The summed E-state index contributed by atoms with van der Waals surface area (Å²) >= 11 is 0. The fourth-order valence-corrected chi connectivity index (χ4v) is 3.35. The van der Waals surface area contributed by atoms with Gasteiger partial charge in [0.1, 0.15) is 17.2 Å². The van der Waals surface area contributed by atoms with Crippen molar-refractivity contribution in [3.8, 4) is 50.6 Å². The Hall–Kier alpha value is -3.72. The van der Waals surface area contributed by atoms with Gasteiger partial charge in [-0.05, 0) is 69.8 Å². The van der Waals surface area contributed by atoms with Crippen LogP contribution in [-0.4, -0.2) is 15.3 Å². The van der Waals surface area contributed by atoms with Gasteiger partial charge in [-0.1, -0.05) is 54.6 Å². The topological polar surface area (TPSA) is 60.7 Å². The van der Waals surface area contributed by atoms with Gasteiger partial charge in [-0.25, -0.2) is 0 Å². The summed E-state index contributed by atoms with van der Waals surface area (Å²) in [5.74, 6) is 0.564. The summed E-state index contributed by atoms with van der Waals surface area (Å²) in [5, 5.41) is 29.9. The lowest BCUT2D eigenvalue weighted by molar-refractivity contribution is 0.475. The van der Waals surface area contributed by atoms with Gasteiger partial charge in [0, 0.05) is 0 Å². The van der Waals surface area contributed by atoms with Crippen molar-refractivity contribution in [2.45, 2.75) is 0 Å². The maximum Gasteiger partial charge on any atom is 0.116 e. The molecule has 3 heteroatoms. The third kappa shape index (κ3) is 3.35. The van der Waals surface area contributed by atoms with Crippen molar-refractivity contribution in [2.75, 3.05) is 0 Å². The van der Waals surface area contributed by atoms with Crippen molar-refractivity contribution in [3.63, 3.8) is 0 Å². The van der Waals surface area contributed by atoms with Crippen LogP contribution in [0.4, 0.5) is 0 Å². The van der Waals surface area contributed by atoms with Crippen LogP contribution in [0.5, 0.6) is 17.2 Å². The molecule has 0 saturated carbocycles. The Bertz CT molecular complexity index is 1050. The van der Waals surface area contributed by atoms with E-state index in [1.54, 1.807) is 54.6 Å². The van der Waals surface area contributed by atoms with Crippen molar-refractivity contribution in [3.05, 3.63) is 91.0 Å². The highest BCUT2D eigenvalue weighted by Gasteiger charge is 2.15. The van der Waals surface area contributed by atoms with Crippen molar-refractivity contribution in [2.24, 2.45) is 0 Å². The van der Waals surface area contributed by atoms with Gasteiger partial charge < -0.3 is 15.3 Å². The van der Waals surface area contributed by atoms with E-state index in [0.29, 0.717) is 0 Å². The Morgan fingerprint density at radius 3 is 1.22 bits per heavy atom. The van der Waals surface area contributed by atoms with Crippen LogP contribution in [-0.2, 0) is 0 Å². The summed E-state index contributed by atoms with van der Waals surface area (Å²) in [6.07, 6.45) is 0. The maximum absolute atomic E-state index is 10.0. The molecule has 4 aromatic rings. The fraction of sp³-hybridized carbons (Fsp3) is 0. The summed E-state index contributed by atoms with van der Waals surface area (Å²) in [6.45, 7) is 0. The first-order valence-corrected chi connectivity index (χ1v) is 8.63. The van der Waals surface area contributed by atoms with Gasteiger partial charge in [0.05, 0.1) is 0 Å². The first-order valence-electron chi connectivity index (χ1n) is 8.63. The zero-order valence-corrected chi connectivity index (χ0v) is 14.5. The van der Waals surface area contributed by atoms with Crippen LogP contribution in [0, 0.1) is 0 Å². The standard InChI is InChI=1S/C24H18O3/c25-19-8-1-5-16(13-19)22-11-4-12-23(17-6-2-9-20(26)14-17)24(22)18-7-3-10-21(27)15-18/h1-15,25-27H. The highest BCUT2D eigenvalue weighted by Crippen LogP contribution is 2.41. The molecule has 0 bridgehead atoms. The molecule has 0 aliphatic rings. The third-order valence-electron chi connectivity index (χ3n) is 4.51. The van der Waals surface area contributed by atoms with Gasteiger partial charge in [0.2, 0.25) is 0 Å². The van der Waals surface area contributed by atoms with Crippen LogP contribution in [0.3, 0.4) is 0 Å². The molecule has 0 aliphatic heterocycles. The van der Waals surface area contributed by atoms with Gasteiger partial charge in [0.25, 0.3) is 0 Å². The maximum atomic E-state index is 10.0. The van der Waals surface area contributed by atoms with E-state index in [1.165, 1.54) is 0 Å². The Balaban J connectivity index is 2.04. The van der Waals surface area contributed by atoms with Crippen molar-refractivity contribution in [1.82, 2.24) is 0 Å². The number of aromatic hydroxyl groups is 3. The minimum atomic E-state index is 0.181. The Morgan fingerprint density at radius 1 is 0.407 bits per heavy atom. The molecule has 0 unspecified atom stereocenters. The van der Waals surface area contributed by atoms with Gasteiger partial charge in [-0.15, -0.1) is 0 Å². The van der Waals surface area contributed by atoms with Gasteiger partial charge in [-0.2, -0.15) is 0 Å². The molecule has 0 fully saturated rings. The van der Waals surface area contributed by atoms with Crippen LogP contribution in [0.2, 0.25) is 0 Å². The number of benzene rings is 4. The van der Waals surface area contributed by atoms with E-state index < -0.39 is 0 Å². The summed E-state index contributed by atoms with van der Waals surface area (Å²) in [5.41, 5.74) is 5.37. The Morgan fingerprint density at radius 2 is 0.778 bits per heavy atom. The van der Waals surface area contributed by atoms with E-state index >= 15 is 0 Å². The van der Waals surface area contributed by atoms with Crippen molar-refractivity contribution in [1.29, 1.82) is 0 Å². The van der Waals surface area contributed by atoms with Gasteiger partial charge in [0.15, 0.2) is 0 Å². The van der Waals surface area contributed by atoms with Gasteiger partial charge in [-0.3, -0.25) is 0 Å². The van der Waals surface area contributed by atoms with Crippen LogP contribution < -0.4 is 0 Å². The molecular weight excluding hydrogens is 336 g/mol. The smallest absolute Gasteiger partial charge is 0.116 e. The molecule has 132 valence electrons. The predicted molar refractivity (Wildman–Crippen MR) is 108 cm³/mol. The second-order valence-electron chi connectivity index (χ2n) is 6.38. The first kappa shape index (κ1) is 16.7. The lowest BCUT2D eigenvalue weighted by Crippen LogP contribution is -1.90.